The van der Waals surface area contributed by atoms with Gasteiger partial charge in [-0.25, -0.2) is 14.8 Å². The second kappa shape index (κ2) is 5.56. The molecule has 18 heavy (non-hydrogen) atoms. The van der Waals surface area contributed by atoms with Gasteiger partial charge in [0.25, 0.3) is 0 Å². The van der Waals surface area contributed by atoms with Gasteiger partial charge in [-0.1, -0.05) is 12.1 Å². The van der Waals surface area contributed by atoms with Crippen LogP contribution < -0.4 is 16.0 Å². The van der Waals surface area contributed by atoms with Gasteiger partial charge in [0.1, 0.15) is 12.2 Å². The molecule has 1 heterocycles. The molecule has 96 valence electrons. The monoisotopic (exact) mass is 251 g/mol. The third-order valence-corrected chi connectivity index (χ3v) is 2.65. The Hall–Kier alpha value is -1.99. The van der Waals surface area contributed by atoms with Crippen LogP contribution in [0.15, 0.2) is 24.5 Å². The van der Waals surface area contributed by atoms with Crippen LogP contribution in [0.5, 0.6) is 5.75 Å². The van der Waals surface area contributed by atoms with E-state index in [2.05, 4.69) is 20.6 Å². The summed E-state index contributed by atoms with van der Waals surface area (Å²) in [5, 5.41) is 6.44. The fraction of sp³-hybridized carbons (Fsp3) is 0.273. The lowest BCUT2D eigenvalue weighted by molar-refractivity contribution is 0.382. The van der Waals surface area contributed by atoms with Gasteiger partial charge in [-0.3, -0.25) is 10.9 Å². The van der Waals surface area contributed by atoms with Crippen molar-refractivity contribution in [3.05, 3.63) is 41.7 Å². The van der Waals surface area contributed by atoms with E-state index in [4.69, 9.17) is 10.6 Å². The molecule has 6 nitrogen and oxygen atoms in total. The third kappa shape index (κ3) is 2.47. The number of hydrazine groups is 1. The van der Waals surface area contributed by atoms with Crippen LogP contribution in [0.3, 0.4) is 0 Å². The highest BCUT2D eigenvalue weighted by Crippen LogP contribution is 2.23. The predicted octanol–water partition coefficient (Wildman–Crippen LogP) is 0.699. The van der Waals surface area contributed by atoms with Crippen molar-refractivity contribution in [3.63, 3.8) is 0 Å². The molecule has 0 bridgehead atoms. The number of hydrogen-bond acceptors (Lipinski definition) is 5. The van der Waals surface area contributed by atoms with Gasteiger partial charge in [-0.15, -0.1) is 0 Å². The van der Waals surface area contributed by atoms with Crippen LogP contribution >= 0.6 is 0 Å². The Morgan fingerprint density at radius 2 is 2.39 bits per heavy atom. The van der Waals surface area contributed by atoms with Crippen molar-refractivity contribution in [1.82, 2.24) is 20.6 Å². The van der Waals surface area contributed by atoms with Crippen LogP contribution in [-0.4, -0.2) is 22.3 Å². The van der Waals surface area contributed by atoms with E-state index in [1.54, 1.807) is 18.2 Å². The summed E-state index contributed by atoms with van der Waals surface area (Å²) in [5.41, 5.74) is 3.07. The number of nitrogens with zero attached hydrogens (tertiary/aromatic N) is 2. The fourth-order valence-corrected chi connectivity index (χ4v) is 1.71. The van der Waals surface area contributed by atoms with E-state index in [0.717, 1.165) is 0 Å². The first-order chi connectivity index (χ1) is 8.76. The SMILES string of the molecule is COc1cccc(CC(NN)c2ncn[nH]2)c1F. The van der Waals surface area contributed by atoms with Gasteiger partial charge in [0.05, 0.1) is 13.2 Å². The highest BCUT2D eigenvalue weighted by Gasteiger charge is 2.17. The van der Waals surface area contributed by atoms with Gasteiger partial charge in [0.2, 0.25) is 0 Å². The molecule has 0 aliphatic rings. The number of benzene rings is 1. The van der Waals surface area contributed by atoms with Gasteiger partial charge < -0.3 is 4.74 Å². The molecule has 0 amide bonds. The van der Waals surface area contributed by atoms with Gasteiger partial charge in [0.15, 0.2) is 11.6 Å². The molecule has 2 aromatic rings. The average Bonchev–Trinajstić information content (AvgIpc) is 2.91. The Morgan fingerprint density at radius 1 is 1.56 bits per heavy atom. The number of aromatic nitrogens is 3. The second-order valence-corrected chi connectivity index (χ2v) is 3.73. The van der Waals surface area contributed by atoms with Crippen LogP contribution in [0.1, 0.15) is 17.4 Å². The van der Waals surface area contributed by atoms with Crippen LogP contribution in [0, 0.1) is 5.82 Å². The van der Waals surface area contributed by atoms with Gasteiger partial charge >= 0.3 is 0 Å². The van der Waals surface area contributed by atoms with Crippen molar-refractivity contribution in [2.45, 2.75) is 12.5 Å². The maximum absolute atomic E-state index is 14.0. The molecule has 0 aliphatic carbocycles. The topological polar surface area (TPSA) is 88.8 Å². The minimum Gasteiger partial charge on any atom is -0.494 e. The Labute approximate surface area is 103 Å². The lowest BCUT2D eigenvalue weighted by Gasteiger charge is -2.14. The number of ether oxygens (including phenoxy) is 1. The molecule has 7 heteroatoms. The molecule has 2 rings (SSSR count). The number of H-pyrrole nitrogens is 1. The van der Waals surface area contributed by atoms with E-state index in [1.807, 2.05) is 0 Å². The first kappa shape index (κ1) is 12.5. The number of rotatable bonds is 5. The zero-order valence-corrected chi connectivity index (χ0v) is 9.85. The lowest BCUT2D eigenvalue weighted by atomic mass is 10.0. The number of aromatic amines is 1. The first-order valence-electron chi connectivity index (χ1n) is 5.39. The minimum atomic E-state index is -0.389. The molecule has 0 spiro atoms. The Morgan fingerprint density at radius 3 is 3.00 bits per heavy atom. The zero-order valence-electron chi connectivity index (χ0n) is 9.85. The molecule has 4 N–H and O–H groups in total. The van der Waals surface area contributed by atoms with Crippen LogP contribution in [0.4, 0.5) is 4.39 Å². The number of halogens is 1. The van der Waals surface area contributed by atoms with Crippen molar-refractivity contribution in [2.24, 2.45) is 5.84 Å². The standard InChI is InChI=1S/C11H14FN5O/c1-18-9-4-2-3-7(10(9)12)5-8(16-13)11-14-6-15-17-11/h2-4,6,8,16H,5,13H2,1H3,(H,14,15,17). The number of nitrogens with two attached hydrogens (primary N) is 1. The van der Waals surface area contributed by atoms with E-state index in [-0.39, 0.29) is 17.6 Å². The summed E-state index contributed by atoms with van der Waals surface area (Å²) in [6, 6.07) is 4.64. The summed E-state index contributed by atoms with van der Waals surface area (Å²) in [4.78, 5) is 3.99. The van der Waals surface area contributed by atoms with Gasteiger partial charge in [-0.2, -0.15) is 5.10 Å². The molecule has 0 radical (unpaired) electrons. The molecule has 0 saturated carbocycles. The molecule has 1 aromatic carbocycles. The zero-order chi connectivity index (χ0) is 13.0. The van der Waals surface area contributed by atoms with Crippen molar-refractivity contribution in [2.75, 3.05) is 7.11 Å². The van der Waals surface area contributed by atoms with Crippen LogP contribution in [0.2, 0.25) is 0 Å². The Balaban J connectivity index is 2.22. The van der Waals surface area contributed by atoms with Crippen molar-refractivity contribution >= 4 is 0 Å². The molecule has 1 atom stereocenters. The summed E-state index contributed by atoms with van der Waals surface area (Å²) in [6.45, 7) is 0. The number of nitrogens with one attached hydrogen (secondary N) is 2. The summed E-state index contributed by atoms with van der Waals surface area (Å²) < 4.78 is 18.9. The van der Waals surface area contributed by atoms with Crippen molar-refractivity contribution in [3.8, 4) is 5.75 Å². The Bertz CT molecular complexity index is 502. The van der Waals surface area contributed by atoms with E-state index >= 15 is 0 Å². The molecule has 0 saturated heterocycles. The minimum absolute atomic E-state index is 0.209. The number of hydrogen-bond donors (Lipinski definition) is 3. The quantitative estimate of drug-likeness (QED) is 0.537. The fourth-order valence-electron chi connectivity index (χ4n) is 1.71. The van der Waals surface area contributed by atoms with E-state index in [9.17, 15) is 4.39 Å². The van der Waals surface area contributed by atoms with Gasteiger partial charge in [-0.05, 0) is 18.1 Å². The van der Waals surface area contributed by atoms with Crippen LogP contribution in [-0.2, 0) is 6.42 Å². The third-order valence-electron chi connectivity index (χ3n) is 2.65. The molecule has 0 fully saturated rings. The average molecular weight is 251 g/mol. The van der Waals surface area contributed by atoms with E-state index in [1.165, 1.54) is 13.4 Å². The highest BCUT2D eigenvalue weighted by molar-refractivity contribution is 5.31. The normalized spacial score (nSPS) is 12.4. The molecule has 0 aliphatic heterocycles. The molecule has 1 unspecified atom stereocenters. The summed E-state index contributed by atoms with van der Waals surface area (Å²) in [5.74, 6) is 5.82. The Kier molecular flexibility index (Phi) is 3.85. The molecule has 1 aromatic heterocycles. The summed E-state index contributed by atoms with van der Waals surface area (Å²) in [6.07, 6.45) is 1.72. The molecular weight excluding hydrogens is 237 g/mol. The smallest absolute Gasteiger partial charge is 0.168 e. The maximum atomic E-state index is 14.0. The van der Waals surface area contributed by atoms with Gasteiger partial charge in [0, 0.05) is 0 Å². The predicted molar refractivity (Wildman–Crippen MR) is 63.1 cm³/mol. The van der Waals surface area contributed by atoms with Crippen molar-refractivity contribution < 1.29 is 9.13 Å². The maximum Gasteiger partial charge on any atom is 0.168 e. The summed E-state index contributed by atoms with van der Waals surface area (Å²) in [7, 11) is 1.43. The number of methoxy groups -OCH3 is 1. The van der Waals surface area contributed by atoms with E-state index < -0.39 is 0 Å². The van der Waals surface area contributed by atoms with Crippen molar-refractivity contribution in [1.29, 1.82) is 0 Å². The first-order valence-corrected chi connectivity index (χ1v) is 5.39. The highest BCUT2D eigenvalue weighted by atomic mass is 19.1. The van der Waals surface area contributed by atoms with Crippen LogP contribution in [0.25, 0.3) is 0 Å². The molecular formula is C11H14FN5O. The summed E-state index contributed by atoms with van der Waals surface area (Å²) >= 11 is 0. The largest absolute Gasteiger partial charge is 0.494 e. The second-order valence-electron chi connectivity index (χ2n) is 3.73. The van der Waals surface area contributed by atoms with E-state index in [0.29, 0.717) is 17.8 Å². The lowest BCUT2D eigenvalue weighted by Crippen LogP contribution is -2.30.